The third-order valence-corrected chi connectivity index (χ3v) is 4.28. The van der Waals surface area contributed by atoms with Crippen molar-refractivity contribution >= 4 is 48.2 Å². The van der Waals surface area contributed by atoms with Crippen LogP contribution in [0.2, 0.25) is 0 Å². The zero-order valence-corrected chi connectivity index (χ0v) is 16.7. The molecular formula is C19H19Cl2N3O2S. The number of para-hydroxylation sites is 1. The Morgan fingerprint density at radius 2 is 1.67 bits per heavy atom. The van der Waals surface area contributed by atoms with E-state index in [1.807, 2.05) is 54.6 Å². The quantitative estimate of drug-likeness (QED) is 0.561. The van der Waals surface area contributed by atoms with Gasteiger partial charge in [-0.1, -0.05) is 36.0 Å². The monoisotopic (exact) mass is 423 g/mol. The van der Waals surface area contributed by atoms with Crippen molar-refractivity contribution in [2.24, 2.45) is 0 Å². The molecule has 1 amide bonds. The summed E-state index contributed by atoms with van der Waals surface area (Å²) in [6.45, 7) is -0.0523. The highest BCUT2D eigenvalue weighted by molar-refractivity contribution is 7.98. The lowest BCUT2D eigenvalue weighted by Gasteiger charge is -2.10. The van der Waals surface area contributed by atoms with Gasteiger partial charge in [-0.15, -0.1) is 24.8 Å². The molecule has 1 aromatic carbocycles. The molecule has 2 heterocycles. The number of carbonyl (C=O) groups excluding carboxylic acids is 1. The molecule has 0 aliphatic carbocycles. The number of ether oxygens (including phenoxy) is 1. The summed E-state index contributed by atoms with van der Waals surface area (Å²) < 4.78 is 5.46. The van der Waals surface area contributed by atoms with E-state index in [1.54, 1.807) is 18.5 Å². The molecule has 8 heteroatoms. The lowest BCUT2D eigenvalue weighted by molar-refractivity contribution is -0.118. The Bertz CT molecular complexity index is 823. The fraction of sp³-hybridized carbons (Fsp3) is 0.105. The topological polar surface area (TPSA) is 64.1 Å². The zero-order valence-electron chi connectivity index (χ0n) is 14.3. The second-order valence-corrected chi connectivity index (χ2v) is 6.08. The smallest absolute Gasteiger partial charge is 0.262 e. The number of halogens is 2. The van der Waals surface area contributed by atoms with E-state index in [-0.39, 0.29) is 37.3 Å². The first-order valence-corrected chi connectivity index (χ1v) is 8.75. The Morgan fingerprint density at radius 3 is 2.41 bits per heavy atom. The molecule has 0 spiro atoms. The normalized spacial score (nSPS) is 9.48. The van der Waals surface area contributed by atoms with Gasteiger partial charge in [-0.05, 0) is 36.4 Å². The lowest BCUT2D eigenvalue weighted by Crippen LogP contribution is -2.20. The Kier molecular flexibility index (Phi) is 10.3. The van der Waals surface area contributed by atoms with E-state index in [0.717, 1.165) is 10.7 Å². The second-order valence-electron chi connectivity index (χ2n) is 5.12. The zero-order chi connectivity index (χ0) is 17.3. The van der Waals surface area contributed by atoms with Crippen molar-refractivity contribution in [3.8, 4) is 5.75 Å². The maximum Gasteiger partial charge on any atom is 0.262 e. The van der Waals surface area contributed by atoms with Crippen LogP contribution in [0.15, 0.2) is 78.1 Å². The first kappa shape index (κ1) is 22.8. The van der Waals surface area contributed by atoms with E-state index in [0.29, 0.717) is 17.2 Å². The van der Waals surface area contributed by atoms with Crippen LogP contribution in [0.3, 0.4) is 0 Å². The van der Waals surface area contributed by atoms with Gasteiger partial charge in [0.1, 0.15) is 10.8 Å². The van der Waals surface area contributed by atoms with Crippen molar-refractivity contribution in [3.05, 3.63) is 78.8 Å². The van der Waals surface area contributed by atoms with E-state index < -0.39 is 0 Å². The number of nitrogens with one attached hydrogen (secondary N) is 1. The highest BCUT2D eigenvalue weighted by Crippen LogP contribution is 2.27. The van der Waals surface area contributed by atoms with Gasteiger partial charge in [-0.3, -0.25) is 9.78 Å². The average molecular weight is 424 g/mol. The highest BCUT2D eigenvalue weighted by Gasteiger charge is 2.09. The number of nitrogens with zero attached hydrogens (tertiary/aromatic N) is 2. The van der Waals surface area contributed by atoms with Crippen LogP contribution in [0.25, 0.3) is 0 Å². The number of anilines is 1. The second kappa shape index (κ2) is 12.2. The molecule has 3 rings (SSSR count). The molecule has 0 bridgehead atoms. The van der Waals surface area contributed by atoms with Gasteiger partial charge >= 0.3 is 0 Å². The number of pyridine rings is 2. The molecule has 0 atom stereocenters. The molecule has 0 saturated heterocycles. The van der Waals surface area contributed by atoms with Crippen LogP contribution in [-0.2, 0) is 10.5 Å². The van der Waals surface area contributed by atoms with E-state index in [1.165, 1.54) is 11.8 Å². The number of aromatic nitrogens is 2. The number of hydrogen-bond acceptors (Lipinski definition) is 5. The van der Waals surface area contributed by atoms with Crippen LogP contribution in [0.1, 0.15) is 5.69 Å². The summed E-state index contributed by atoms with van der Waals surface area (Å²) in [6.07, 6.45) is 3.47. The van der Waals surface area contributed by atoms with Crippen molar-refractivity contribution in [2.75, 3.05) is 11.9 Å². The number of benzene rings is 1. The summed E-state index contributed by atoms with van der Waals surface area (Å²) in [6, 6.07) is 18.7. The van der Waals surface area contributed by atoms with E-state index in [2.05, 4.69) is 15.3 Å². The SMILES string of the molecule is Cl.Cl.O=C(COc1ccccc1)Nc1cccnc1SCc1ccccn1. The Labute approximate surface area is 174 Å². The van der Waals surface area contributed by atoms with Crippen LogP contribution < -0.4 is 10.1 Å². The minimum Gasteiger partial charge on any atom is -0.484 e. The van der Waals surface area contributed by atoms with Crippen molar-refractivity contribution < 1.29 is 9.53 Å². The third kappa shape index (κ3) is 7.46. The summed E-state index contributed by atoms with van der Waals surface area (Å²) in [5.41, 5.74) is 1.63. The van der Waals surface area contributed by atoms with Gasteiger partial charge in [0.25, 0.3) is 5.91 Å². The largest absolute Gasteiger partial charge is 0.484 e. The fourth-order valence-corrected chi connectivity index (χ4v) is 2.94. The first-order valence-electron chi connectivity index (χ1n) is 7.77. The minimum atomic E-state index is -0.225. The fourth-order valence-electron chi connectivity index (χ4n) is 2.08. The summed E-state index contributed by atoms with van der Waals surface area (Å²) in [4.78, 5) is 20.8. The number of hydrogen-bond donors (Lipinski definition) is 1. The average Bonchev–Trinajstić information content (AvgIpc) is 2.67. The Hall–Kier alpha value is -2.28. The van der Waals surface area contributed by atoms with Crippen molar-refractivity contribution in [3.63, 3.8) is 0 Å². The van der Waals surface area contributed by atoms with Gasteiger partial charge in [0.05, 0.1) is 11.4 Å². The van der Waals surface area contributed by atoms with Crippen LogP contribution in [-0.4, -0.2) is 22.5 Å². The minimum absolute atomic E-state index is 0. The van der Waals surface area contributed by atoms with E-state index >= 15 is 0 Å². The summed E-state index contributed by atoms with van der Waals surface area (Å²) in [5.74, 6) is 1.12. The molecule has 5 nitrogen and oxygen atoms in total. The van der Waals surface area contributed by atoms with Gasteiger partial charge < -0.3 is 10.1 Å². The summed E-state index contributed by atoms with van der Waals surface area (Å²) in [7, 11) is 0. The standard InChI is InChI=1S/C19H17N3O2S.2ClH/c23-18(13-24-16-8-2-1-3-9-16)22-17-10-6-12-21-19(17)25-14-15-7-4-5-11-20-15;;/h1-12H,13-14H2,(H,22,23);2*1H. The van der Waals surface area contributed by atoms with Crippen LogP contribution >= 0.6 is 36.6 Å². The molecule has 142 valence electrons. The van der Waals surface area contributed by atoms with Crippen molar-refractivity contribution in [1.29, 1.82) is 0 Å². The molecule has 0 radical (unpaired) electrons. The predicted molar refractivity (Wildman–Crippen MR) is 113 cm³/mol. The first-order chi connectivity index (χ1) is 12.3. The molecule has 0 fully saturated rings. The van der Waals surface area contributed by atoms with Gasteiger partial charge in [-0.25, -0.2) is 4.98 Å². The third-order valence-electron chi connectivity index (χ3n) is 3.24. The van der Waals surface area contributed by atoms with Gasteiger partial charge in [0.15, 0.2) is 6.61 Å². The summed E-state index contributed by atoms with van der Waals surface area (Å²) in [5, 5.41) is 3.60. The van der Waals surface area contributed by atoms with E-state index in [4.69, 9.17) is 4.74 Å². The number of thioether (sulfide) groups is 1. The van der Waals surface area contributed by atoms with Crippen LogP contribution in [0.4, 0.5) is 5.69 Å². The lowest BCUT2D eigenvalue weighted by atomic mass is 10.3. The van der Waals surface area contributed by atoms with Crippen molar-refractivity contribution in [1.82, 2.24) is 9.97 Å². The molecule has 0 unspecified atom stereocenters. The molecule has 27 heavy (non-hydrogen) atoms. The molecule has 0 aliphatic rings. The Morgan fingerprint density at radius 1 is 0.926 bits per heavy atom. The van der Waals surface area contributed by atoms with Gasteiger partial charge in [-0.2, -0.15) is 0 Å². The van der Waals surface area contributed by atoms with Crippen molar-refractivity contribution in [2.45, 2.75) is 10.8 Å². The van der Waals surface area contributed by atoms with Gasteiger partial charge in [0.2, 0.25) is 0 Å². The number of amides is 1. The maximum absolute atomic E-state index is 12.1. The molecule has 0 saturated carbocycles. The number of carbonyl (C=O) groups is 1. The van der Waals surface area contributed by atoms with E-state index in [9.17, 15) is 4.79 Å². The molecule has 1 N–H and O–H groups in total. The summed E-state index contributed by atoms with van der Waals surface area (Å²) >= 11 is 1.53. The van der Waals surface area contributed by atoms with Crippen LogP contribution in [0.5, 0.6) is 5.75 Å². The molecule has 2 aromatic heterocycles. The van der Waals surface area contributed by atoms with Gasteiger partial charge in [0, 0.05) is 18.1 Å². The molecular weight excluding hydrogens is 405 g/mol. The predicted octanol–water partition coefficient (Wildman–Crippen LogP) is 4.63. The maximum atomic E-state index is 12.1. The Balaban J connectivity index is 0.00000182. The number of rotatable bonds is 7. The molecule has 0 aliphatic heterocycles. The molecule has 3 aromatic rings. The highest BCUT2D eigenvalue weighted by atomic mass is 35.5. The van der Waals surface area contributed by atoms with Crippen LogP contribution in [0, 0.1) is 0 Å².